The Morgan fingerprint density at radius 3 is 3.12 bits per heavy atom. The van der Waals surface area contributed by atoms with Crippen molar-refractivity contribution in [1.82, 2.24) is 25.1 Å². The number of nitrogens with one attached hydrogen (secondary N) is 2. The Hall–Kier alpha value is -1.62. The number of nitrogens with zero attached hydrogens (tertiary/aromatic N) is 3. The minimum absolute atomic E-state index is 0.187. The fourth-order valence-corrected chi connectivity index (χ4v) is 1.78. The van der Waals surface area contributed by atoms with Crippen LogP contribution < -0.4 is 5.32 Å². The zero-order valence-electron chi connectivity index (χ0n) is 10.3. The van der Waals surface area contributed by atoms with Gasteiger partial charge in [0.25, 0.3) is 0 Å². The average molecular weight is 233 g/mol. The van der Waals surface area contributed by atoms with Crippen molar-refractivity contribution in [2.24, 2.45) is 0 Å². The Balaban J connectivity index is 1.84. The smallest absolute Gasteiger partial charge is 0.141 e. The van der Waals surface area contributed by atoms with E-state index in [1.165, 1.54) is 11.9 Å². The van der Waals surface area contributed by atoms with Crippen LogP contribution in [0.5, 0.6) is 0 Å². The largest absolute Gasteiger partial charge is 0.354 e. The first-order chi connectivity index (χ1) is 8.29. The van der Waals surface area contributed by atoms with Gasteiger partial charge in [-0.05, 0) is 25.0 Å². The molecule has 17 heavy (non-hydrogen) atoms. The van der Waals surface area contributed by atoms with Gasteiger partial charge in [-0.15, -0.1) is 0 Å². The number of aryl methyl sites for hydroxylation is 1. The summed E-state index contributed by atoms with van der Waals surface area (Å²) in [7, 11) is 0. The maximum absolute atomic E-state index is 4.13. The van der Waals surface area contributed by atoms with Gasteiger partial charge in [0, 0.05) is 25.5 Å². The van der Waals surface area contributed by atoms with Gasteiger partial charge < -0.3 is 9.88 Å². The van der Waals surface area contributed by atoms with Crippen molar-refractivity contribution in [3.05, 3.63) is 36.2 Å². The van der Waals surface area contributed by atoms with Crippen molar-refractivity contribution < 1.29 is 0 Å². The molecule has 1 atom stereocenters. The number of rotatable bonds is 6. The molecule has 2 rings (SSSR count). The average Bonchev–Trinajstić information content (AvgIpc) is 2.97. The van der Waals surface area contributed by atoms with E-state index in [0.717, 1.165) is 25.3 Å². The van der Waals surface area contributed by atoms with Crippen LogP contribution in [0.2, 0.25) is 0 Å². The zero-order valence-corrected chi connectivity index (χ0v) is 10.3. The Bertz CT molecular complexity index is 431. The van der Waals surface area contributed by atoms with E-state index in [4.69, 9.17) is 0 Å². The van der Waals surface area contributed by atoms with E-state index in [1.807, 2.05) is 0 Å². The Kier molecular flexibility index (Phi) is 3.93. The fraction of sp³-hybridized carbons (Fsp3) is 0.500. The molecule has 0 aliphatic carbocycles. The second-order valence-corrected chi connectivity index (χ2v) is 4.23. The second-order valence-electron chi connectivity index (χ2n) is 4.23. The molecule has 2 N–H and O–H groups in total. The summed E-state index contributed by atoms with van der Waals surface area (Å²) in [6.45, 7) is 6.18. The van der Waals surface area contributed by atoms with Gasteiger partial charge in [-0.2, -0.15) is 5.10 Å². The molecule has 0 radical (unpaired) electrons. The molecular weight excluding hydrogens is 214 g/mol. The van der Waals surface area contributed by atoms with Crippen LogP contribution in [0.15, 0.2) is 24.8 Å². The van der Waals surface area contributed by atoms with Crippen LogP contribution >= 0.6 is 0 Å². The summed E-state index contributed by atoms with van der Waals surface area (Å²) in [4.78, 5) is 4.13. The Morgan fingerprint density at radius 2 is 2.41 bits per heavy atom. The lowest BCUT2D eigenvalue weighted by Gasteiger charge is -2.09. The molecule has 2 aromatic heterocycles. The first kappa shape index (κ1) is 11.9. The van der Waals surface area contributed by atoms with Crippen LogP contribution in [0, 0.1) is 0 Å². The Labute approximate surface area is 101 Å². The number of H-pyrrole nitrogens is 1. The lowest BCUT2D eigenvalue weighted by atomic mass is 10.3. The molecule has 0 fully saturated rings. The van der Waals surface area contributed by atoms with E-state index < -0.39 is 0 Å². The maximum atomic E-state index is 4.13. The zero-order chi connectivity index (χ0) is 12.1. The van der Waals surface area contributed by atoms with Gasteiger partial charge in [-0.3, -0.25) is 5.10 Å². The van der Waals surface area contributed by atoms with Crippen molar-refractivity contribution in [1.29, 1.82) is 0 Å². The molecule has 0 aromatic carbocycles. The second kappa shape index (κ2) is 5.63. The van der Waals surface area contributed by atoms with E-state index in [9.17, 15) is 0 Å². The SMILES string of the molecule is CCCn1ccc(CNC(C)c2ncn[nH]2)c1. The molecule has 5 heteroatoms. The normalized spacial score (nSPS) is 12.8. The highest BCUT2D eigenvalue weighted by Gasteiger charge is 2.07. The van der Waals surface area contributed by atoms with Gasteiger partial charge in [0.05, 0.1) is 6.04 Å². The summed E-state index contributed by atoms with van der Waals surface area (Å²) in [5.74, 6) is 0.873. The molecule has 0 bridgehead atoms. The summed E-state index contributed by atoms with van der Waals surface area (Å²) in [5.41, 5.74) is 1.30. The monoisotopic (exact) mass is 233 g/mol. The first-order valence-electron chi connectivity index (χ1n) is 6.03. The highest BCUT2D eigenvalue weighted by atomic mass is 15.2. The summed E-state index contributed by atoms with van der Waals surface area (Å²) in [5, 5.41) is 10.1. The van der Waals surface area contributed by atoms with Crippen LogP contribution in [-0.4, -0.2) is 19.7 Å². The molecule has 0 aliphatic heterocycles. The number of hydrogen-bond donors (Lipinski definition) is 2. The molecule has 0 saturated heterocycles. The van der Waals surface area contributed by atoms with Crippen molar-refractivity contribution >= 4 is 0 Å². The minimum Gasteiger partial charge on any atom is -0.354 e. The molecule has 0 spiro atoms. The van der Waals surface area contributed by atoms with Gasteiger partial charge in [0.2, 0.25) is 0 Å². The highest BCUT2D eigenvalue weighted by molar-refractivity contribution is 5.10. The third-order valence-electron chi connectivity index (χ3n) is 2.75. The molecule has 1 unspecified atom stereocenters. The first-order valence-corrected chi connectivity index (χ1v) is 6.03. The number of aromatic nitrogens is 4. The van der Waals surface area contributed by atoms with Gasteiger partial charge in [0.15, 0.2) is 0 Å². The molecule has 2 heterocycles. The minimum atomic E-state index is 0.187. The van der Waals surface area contributed by atoms with E-state index in [2.05, 4.69) is 57.4 Å². The van der Waals surface area contributed by atoms with Crippen molar-refractivity contribution in [2.75, 3.05) is 0 Å². The van der Waals surface area contributed by atoms with Crippen LogP contribution in [0.1, 0.15) is 37.7 Å². The predicted octanol–water partition coefficient (Wildman–Crippen LogP) is 1.87. The van der Waals surface area contributed by atoms with E-state index in [0.29, 0.717) is 0 Å². The van der Waals surface area contributed by atoms with Crippen molar-refractivity contribution in [3.8, 4) is 0 Å². The number of hydrogen-bond acceptors (Lipinski definition) is 3. The van der Waals surface area contributed by atoms with Gasteiger partial charge in [-0.1, -0.05) is 6.92 Å². The van der Waals surface area contributed by atoms with Crippen LogP contribution in [0.25, 0.3) is 0 Å². The van der Waals surface area contributed by atoms with E-state index in [1.54, 1.807) is 0 Å². The van der Waals surface area contributed by atoms with E-state index in [-0.39, 0.29) is 6.04 Å². The summed E-state index contributed by atoms with van der Waals surface area (Å²) in [6.07, 6.45) is 7.00. The van der Waals surface area contributed by atoms with Gasteiger partial charge in [-0.25, -0.2) is 4.98 Å². The van der Waals surface area contributed by atoms with Crippen molar-refractivity contribution in [3.63, 3.8) is 0 Å². The van der Waals surface area contributed by atoms with Crippen LogP contribution in [0.3, 0.4) is 0 Å². The molecule has 2 aromatic rings. The number of aromatic amines is 1. The molecule has 0 amide bonds. The molecule has 92 valence electrons. The third-order valence-corrected chi connectivity index (χ3v) is 2.75. The quantitative estimate of drug-likeness (QED) is 0.800. The molecule has 0 aliphatic rings. The van der Waals surface area contributed by atoms with Gasteiger partial charge in [0.1, 0.15) is 12.2 Å². The van der Waals surface area contributed by atoms with E-state index >= 15 is 0 Å². The summed E-state index contributed by atoms with van der Waals surface area (Å²) < 4.78 is 2.22. The standard InChI is InChI=1S/C12H19N5/c1-3-5-17-6-4-11(8-17)7-13-10(2)12-14-9-15-16-12/h4,6,8-10,13H,3,5,7H2,1-2H3,(H,14,15,16). The lowest BCUT2D eigenvalue weighted by molar-refractivity contribution is 0.547. The fourth-order valence-electron chi connectivity index (χ4n) is 1.78. The highest BCUT2D eigenvalue weighted by Crippen LogP contribution is 2.07. The van der Waals surface area contributed by atoms with Crippen molar-refractivity contribution in [2.45, 2.75) is 39.4 Å². The topological polar surface area (TPSA) is 58.5 Å². The lowest BCUT2D eigenvalue weighted by Crippen LogP contribution is -2.19. The predicted molar refractivity (Wildman–Crippen MR) is 66.4 cm³/mol. The third kappa shape index (κ3) is 3.17. The summed E-state index contributed by atoms with van der Waals surface area (Å²) in [6, 6.07) is 2.34. The Morgan fingerprint density at radius 1 is 1.53 bits per heavy atom. The summed E-state index contributed by atoms with van der Waals surface area (Å²) >= 11 is 0. The van der Waals surface area contributed by atoms with Gasteiger partial charge >= 0.3 is 0 Å². The molecule has 5 nitrogen and oxygen atoms in total. The van der Waals surface area contributed by atoms with Crippen LogP contribution in [0.4, 0.5) is 0 Å². The molecule has 0 saturated carbocycles. The molecular formula is C12H19N5. The van der Waals surface area contributed by atoms with Crippen LogP contribution in [-0.2, 0) is 13.1 Å². The maximum Gasteiger partial charge on any atom is 0.141 e.